The van der Waals surface area contributed by atoms with Crippen LogP contribution < -0.4 is 5.56 Å². The van der Waals surface area contributed by atoms with Gasteiger partial charge in [0.2, 0.25) is 0 Å². The van der Waals surface area contributed by atoms with E-state index in [4.69, 9.17) is 0 Å². The number of aromatic nitrogens is 2. The van der Waals surface area contributed by atoms with Gasteiger partial charge in [0.1, 0.15) is 0 Å². The number of pyridine rings is 2. The van der Waals surface area contributed by atoms with Gasteiger partial charge in [-0.15, -0.1) is 0 Å². The first-order chi connectivity index (χ1) is 7.27. The number of hydrogen-bond donors (Lipinski definition) is 0. The lowest BCUT2D eigenvalue weighted by Gasteiger charge is -2.05. The maximum atomic E-state index is 11.7. The minimum atomic E-state index is 0.0642. The van der Waals surface area contributed by atoms with Crippen LogP contribution in [0.2, 0.25) is 0 Å². The van der Waals surface area contributed by atoms with Crippen LogP contribution in [-0.2, 0) is 6.54 Å². The number of hydrogen-bond acceptors (Lipinski definition) is 2. The van der Waals surface area contributed by atoms with Crippen molar-refractivity contribution < 1.29 is 0 Å². The summed E-state index contributed by atoms with van der Waals surface area (Å²) in [5, 5.41) is 0. The first-order valence-electron chi connectivity index (χ1n) is 4.82. The van der Waals surface area contributed by atoms with Crippen LogP contribution in [-0.4, -0.2) is 9.55 Å². The highest BCUT2D eigenvalue weighted by atomic mass is 16.1. The van der Waals surface area contributed by atoms with Crippen molar-refractivity contribution in [2.24, 2.45) is 0 Å². The molecule has 2 aromatic heterocycles. The second-order valence-corrected chi connectivity index (χ2v) is 3.48. The Bertz CT molecular complexity index is 503. The van der Waals surface area contributed by atoms with E-state index in [9.17, 15) is 4.79 Å². The average Bonchev–Trinajstić information content (AvgIpc) is 2.26. The van der Waals surface area contributed by atoms with Crippen molar-refractivity contribution in [2.45, 2.75) is 13.5 Å². The van der Waals surface area contributed by atoms with Gasteiger partial charge < -0.3 is 4.57 Å². The summed E-state index contributed by atoms with van der Waals surface area (Å²) in [6.07, 6.45) is 5.27. The highest BCUT2D eigenvalue weighted by Crippen LogP contribution is 1.99. The third-order valence-electron chi connectivity index (χ3n) is 2.31. The fourth-order valence-electron chi connectivity index (χ4n) is 1.47. The van der Waals surface area contributed by atoms with Crippen molar-refractivity contribution in [3.63, 3.8) is 0 Å². The summed E-state index contributed by atoms with van der Waals surface area (Å²) in [5.41, 5.74) is 1.92. The van der Waals surface area contributed by atoms with E-state index in [0.29, 0.717) is 6.54 Å². The van der Waals surface area contributed by atoms with Gasteiger partial charge in [-0.2, -0.15) is 0 Å². The molecular formula is C12H12N2O. The predicted octanol–water partition coefficient (Wildman–Crippen LogP) is 1.60. The van der Waals surface area contributed by atoms with E-state index in [2.05, 4.69) is 4.98 Å². The molecule has 0 saturated heterocycles. The van der Waals surface area contributed by atoms with Crippen molar-refractivity contribution >= 4 is 0 Å². The monoisotopic (exact) mass is 200 g/mol. The van der Waals surface area contributed by atoms with Crippen LogP contribution in [0.3, 0.4) is 0 Å². The van der Waals surface area contributed by atoms with Gasteiger partial charge in [0, 0.05) is 24.2 Å². The fraction of sp³-hybridized carbons (Fsp3) is 0.167. The Kier molecular flexibility index (Phi) is 2.63. The van der Waals surface area contributed by atoms with Crippen LogP contribution in [0.25, 0.3) is 0 Å². The van der Waals surface area contributed by atoms with Gasteiger partial charge in [-0.1, -0.05) is 6.07 Å². The molecule has 15 heavy (non-hydrogen) atoms. The zero-order valence-electron chi connectivity index (χ0n) is 8.55. The number of aryl methyl sites for hydroxylation is 1. The quantitative estimate of drug-likeness (QED) is 0.738. The molecule has 76 valence electrons. The van der Waals surface area contributed by atoms with Crippen molar-refractivity contribution in [1.82, 2.24) is 9.55 Å². The van der Waals surface area contributed by atoms with Crippen molar-refractivity contribution in [3.05, 3.63) is 64.3 Å². The minimum Gasteiger partial charge on any atom is -0.311 e. The normalized spacial score (nSPS) is 10.2. The smallest absolute Gasteiger partial charge is 0.253 e. The highest BCUT2D eigenvalue weighted by Gasteiger charge is 1.98. The summed E-state index contributed by atoms with van der Waals surface area (Å²) in [6, 6.07) is 7.53. The lowest BCUT2D eigenvalue weighted by molar-refractivity contribution is 0.751. The molecule has 0 unspecified atom stereocenters. The lowest BCUT2D eigenvalue weighted by atomic mass is 10.2. The zero-order chi connectivity index (χ0) is 10.7. The summed E-state index contributed by atoms with van der Waals surface area (Å²) in [7, 11) is 0. The molecular weight excluding hydrogens is 188 g/mol. The van der Waals surface area contributed by atoms with E-state index >= 15 is 0 Å². The van der Waals surface area contributed by atoms with Crippen LogP contribution in [0.1, 0.15) is 11.1 Å². The van der Waals surface area contributed by atoms with E-state index in [1.807, 2.05) is 31.2 Å². The molecule has 0 N–H and O–H groups in total. The van der Waals surface area contributed by atoms with Gasteiger partial charge in [0.15, 0.2) is 0 Å². The average molecular weight is 200 g/mol. The van der Waals surface area contributed by atoms with Gasteiger partial charge >= 0.3 is 0 Å². The second-order valence-electron chi connectivity index (χ2n) is 3.48. The Balaban J connectivity index is 2.33. The summed E-state index contributed by atoms with van der Waals surface area (Å²) in [4.78, 5) is 15.7. The Morgan fingerprint density at radius 1 is 1.27 bits per heavy atom. The van der Waals surface area contributed by atoms with Gasteiger partial charge in [-0.05, 0) is 30.7 Å². The molecule has 0 atom stereocenters. The SMILES string of the molecule is Cc1cccn(Cc2ccncc2)c1=O. The van der Waals surface area contributed by atoms with E-state index in [0.717, 1.165) is 11.1 Å². The molecule has 2 heterocycles. The Labute approximate surface area is 88.0 Å². The van der Waals surface area contributed by atoms with Crippen molar-refractivity contribution in [1.29, 1.82) is 0 Å². The van der Waals surface area contributed by atoms with Crippen molar-refractivity contribution in [2.75, 3.05) is 0 Å². The molecule has 0 saturated carbocycles. The molecule has 0 spiro atoms. The molecule has 0 bridgehead atoms. The standard InChI is InChI=1S/C12H12N2O/c1-10-3-2-8-14(12(10)15)9-11-4-6-13-7-5-11/h2-8H,9H2,1H3. The molecule has 2 aromatic rings. The van der Waals surface area contributed by atoms with Gasteiger partial charge in [0.05, 0.1) is 6.54 Å². The number of rotatable bonds is 2. The van der Waals surface area contributed by atoms with Crippen LogP contribution in [0.15, 0.2) is 47.7 Å². The second kappa shape index (κ2) is 4.09. The summed E-state index contributed by atoms with van der Waals surface area (Å²) in [5.74, 6) is 0. The first-order valence-corrected chi connectivity index (χ1v) is 4.82. The molecule has 0 amide bonds. The minimum absolute atomic E-state index is 0.0642. The molecule has 0 fully saturated rings. The fourth-order valence-corrected chi connectivity index (χ4v) is 1.47. The van der Waals surface area contributed by atoms with Crippen LogP contribution in [0, 0.1) is 6.92 Å². The Morgan fingerprint density at radius 2 is 2.00 bits per heavy atom. The molecule has 0 aromatic carbocycles. The third kappa shape index (κ3) is 2.13. The van der Waals surface area contributed by atoms with Gasteiger partial charge in [-0.25, -0.2) is 0 Å². The topological polar surface area (TPSA) is 34.9 Å². The summed E-state index contributed by atoms with van der Waals surface area (Å²) in [6.45, 7) is 2.43. The molecule has 0 aliphatic carbocycles. The highest BCUT2D eigenvalue weighted by molar-refractivity contribution is 5.13. The lowest BCUT2D eigenvalue weighted by Crippen LogP contribution is -2.21. The molecule has 0 radical (unpaired) electrons. The maximum absolute atomic E-state index is 11.7. The molecule has 3 nitrogen and oxygen atoms in total. The van der Waals surface area contributed by atoms with E-state index < -0.39 is 0 Å². The Hall–Kier alpha value is -1.90. The number of nitrogens with zero attached hydrogens (tertiary/aromatic N) is 2. The summed E-state index contributed by atoms with van der Waals surface area (Å²) >= 11 is 0. The van der Waals surface area contributed by atoms with E-state index in [-0.39, 0.29) is 5.56 Å². The largest absolute Gasteiger partial charge is 0.311 e. The molecule has 3 heteroatoms. The summed E-state index contributed by atoms with van der Waals surface area (Å²) < 4.78 is 1.70. The predicted molar refractivity (Wildman–Crippen MR) is 58.8 cm³/mol. The Morgan fingerprint density at radius 3 is 2.73 bits per heavy atom. The van der Waals surface area contributed by atoms with E-state index in [1.54, 1.807) is 23.2 Å². The van der Waals surface area contributed by atoms with Gasteiger partial charge in [0.25, 0.3) is 5.56 Å². The molecule has 2 rings (SSSR count). The van der Waals surface area contributed by atoms with Crippen LogP contribution in [0.4, 0.5) is 0 Å². The molecule has 0 aliphatic rings. The van der Waals surface area contributed by atoms with Crippen LogP contribution >= 0.6 is 0 Å². The van der Waals surface area contributed by atoms with Gasteiger partial charge in [-0.3, -0.25) is 9.78 Å². The van der Waals surface area contributed by atoms with E-state index in [1.165, 1.54) is 0 Å². The first kappa shape index (κ1) is 9.65. The molecule has 0 aliphatic heterocycles. The maximum Gasteiger partial charge on any atom is 0.253 e. The third-order valence-corrected chi connectivity index (χ3v) is 2.31. The zero-order valence-corrected chi connectivity index (χ0v) is 8.55. The van der Waals surface area contributed by atoms with Crippen molar-refractivity contribution in [3.8, 4) is 0 Å². The van der Waals surface area contributed by atoms with Crippen LogP contribution in [0.5, 0.6) is 0 Å².